The lowest BCUT2D eigenvalue weighted by molar-refractivity contribution is -0.120. The van der Waals surface area contributed by atoms with Gasteiger partial charge in [-0.1, -0.05) is 35.3 Å². The number of nitrogens with one attached hydrogen (secondary N) is 1. The summed E-state index contributed by atoms with van der Waals surface area (Å²) in [6, 6.07) is 11.2. The molecule has 0 aliphatic carbocycles. The largest absolute Gasteiger partial charge is 0.462 e. The molecule has 2 aromatic carbocycles. The summed E-state index contributed by atoms with van der Waals surface area (Å²) in [7, 11) is -3.49. The van der Waals surface area contributed by atoms with Crippen LogP contribution >= 0.6 is 23.2 Å². The normalized spacial score (nSPS) is 15.3. The Morgan fingerprint density at radius 2 is 1.75 bits per heavy atom. The quantitative estimate of drug-likeness (QED) is 0.572. The Labute approximate surface area is 197 Å². The zero-order valence-corrected chi connectivity index (χ0v) is 19.8. The summed E-state index contributed by atoms with van der Waals surface area (Å²) >= 11 is 12.1. The maximum Gasteiger partial charge on any atom is 0.338 e. The Morgan fingerprint density at radius 1 is 1.09 bits per heavy atom. The number of nitrogens with zero attached hydrogens (tertiary/aromatic N) is 1. The molecule has 32 heavy (non-hydrogen) atoms. The fourth-order valence-electron chi connectivity index (χ4n) is 3.47. The number of esters is 1. The van der Waals surface area contributed by atoms with Gasteiger partial charge < -0.3 is 10.1 Å². The van der Waals surface area contributed by atoms with E-state index in [1.807, 2.05) is 0 Å². The summed E-state index contributed by atoms with van der Waals surface area (Å²) < 4.78 is 31.8. The van der Waals surface area contributed by atoms with Crippen molar-refractivity contribution in [2.45, 2.75) is 25.5 Å². The molecule has 1 amide bonds. The van der Waals surface area contributed by atoms with Gasteiger partial charge in [0.1, 0.15) is 0 Å². The molecular formula is C22H24Cl2N2O5S. The molecule has 0 aromatic heterocycles. The van der Waals surface area contributed by atoms with Crippen LogP contribution in [0, 0.1) is 5.92 Å². The second-order valence-corrected chi connectivity index (χ2v) is 10.3. The van der Waals surface area contributed by atoms with Crippen LogP contribution in [0.15, 0.2) is 42.5 Å². The van der Waals surface area contributed by atoms with Gasteiger partial charge >= 0.3 is 5.97 Å². The molecule has 0 bridgehead atoms. The van der Waals surface area contributed by atoms with Crippen molar-refractivity contribution in [3.05, 3.63) is 63.6 Å². The first kappa shape index (κ1) is 24.5. The highest BCUT2D eigenvalue weighted by atomic mass is 35.5. The van der Waals surface area contributed by atoms with Crippen molar-refractivity contribution in [3.8, 4) is 0 Å². The number of amides is 1. The van der Waals surface area contributed by atoms with E-state index in [9.17, 15) is 18.0 Å². The third kappa shape index (κ3) is 6.22. The minimum Gasteiger partial charge on any atom is -0.462 e. The van der Waals surface area contributed by atoms with E-state index in [0.717, 1.165) is 0 Å². The second kappa shape index (κ2) is 10.7. The van der Waals surface area contributed by atoms with Crippen molar-refractivity contribution in [1.82, 2.24) is 4.31 Å². The minimum atomic E-state index is -3.49. The van der Waals surface area contributed by atoms with E-state index in [2.05, 4.69) is 5.32 Å². The molecule has 0 saturated carbocycles. The molecule has 1 aliphatic heterocycles. The number of sulfonamides is 1. The van der Waals surface area contributed by atoms with Gasteiger partial charge in [-0.25, -0.2) is 17.5 Å². The van der Waals surface area contributed by atoms with Crippen molar-refractivity contribution in [3.63, 3.8) is 0 Å². The molecule has 1 fully saturated rings. The SMILES string of the molecule is CCOC(=O)c1ccc(NC(=O)C2CCN(S(=O)(=O)Cc3ccc(Cl)cc3)CC2)c(Cl)c1. The summed E-state index contributed by atoms with van der Waals surface area (Å²) in [6.07, 6.45) is 0.814. The second-order valence-electron chi connectivity index (χ2n) is 7.46. The Balaban J connectivity index is 1.56. The Morgan fingerprint density at radius 3 is 2.34 bits per heavy atom. The molecule has 2 aromatic rings. The molecule has 0 unspecified atom stereocenters. The van der Waals surface area contributed by atoms with Gasteiger partial charge in [-0.15, -0.1) is 0 Å². The van der Waals surface area contributed by atoms with Crippen molar-refractivity contribution in [2.75, 3.05) is 25.0 Å². The van der Waals surface area contributed by atoms with E-state index in [4.69, 9.17) is 27.9 Å². The number of rotatable bonds is 7. The van der Waals surface area contributed by atoms with E-state index >= 15 is 0 Å². The summed E-state index contributed by atoms with van der Waals surface area (Å²) in [5.74, 6) is -1.16. The molecule has 10 heteroatoms. The highest BCUT2D eigenvalue weighted by molar-refractivity contribution is 7.88. The van der Waals surface area contributed by atoms with Gasteiger partial charge in [0.25, 0.3) is 0 Å². The zero-order valence-electron chi connectivity index (χ0n) is 17.5. The number of piperidine rings is 1. The van der Waals surface area contributed by atoms with Crippen molar-refractivity contribution >= 4 is 50.8 Å². The van der Waals surface area contributed by atoms with E-state index < -0.39 is 16.0 Å². The number of benzene rings is 2. The predicted octanol–water partition coefficient (Wildman–Crippen LogP) is 4.35. The first-order valence-corrected chi connectivity index (χ1v) is 12.6. The fourth-order valence-corrected chi connectivity index (χ4v) is 5.39. The summed E-state index contributed by atoms with van der Waals surface area (Å²) in [4.78, 5) is 24.5. The molecule has 0 spiro atoms. The van der Waals surface area contributed by atoms with Gasteiger partial charge in [0.15, 0.2) is 0 Å². The van der Waals surface area contributed by atoms with Crippen molar-refractivity contribution in [1.29, 1.82) is 0 Å². The van der Waals surface area contributed by atoms with Crippen LogP contribution in [0.25, 0.3) is 0 Å². The van der Waals surface area contributed by atoms with Crippen LogP contribution < -0.4 is 5.32 Å². The summed E-state index contributed by atoms with van der Waals surface area (Å²) in [6.45, 7) is 2.50. The van der Waals surface area contributed by atoms with Crippen molar-refractivity contribution < 1.29 is 22.7 Å². The lowest BCUT2D eigenvalue weighted by Crippen LogP contribution is -2.41. The summed E-state index contributed by atoms with van der Waals surface area (Å²) in [5.41, 5.74) is 1.35. The van der Waals surface area contributed by atoms with Crippen LogP contribution in [0.4, 0.5) is 5.69 Å². The Bertz CT molecular complexity index is 1080. The molecule has 1 aliphatic rings. The van der Waals surface area contributed by atoms with E-state index in [0.29, 0.717) is 34.7 Å². The third-order valence-electron chi connectivity index (χ3n) is 5.22. The number of carbonyl (C=O) groups excluding carboxylic acids is 2. The van der Waals surface area contributed by atoms with Crippen LogP contribution in [-0.4, -0.2) is 44.3 Å². The number of hydrogen-bond donors (Lipinski definition) is 1. The number of halogens is 2. The van der Waals surface area contributed by atoms with Crippen LogP contribution in [-0.2, 0) is 25.3 Å². The third-order valence-corrected chi connectivity index (χ3v) is 7.63. The standard InChI is InChI=1S/C22H24Cl2N2O5S/c1-2-31-22(28)17-5-8-20(19(24)13-17)25-21(27)16-9-11-26(12-10-16)32(29,30)14-15-3-6-18(23)7-4-15/h3-8,13,16H,2,9-12,14H2,1H3,(H,25,27). The molecule has 0 radical (unpaired) electrons. The van der Waals surface area contributed by atoms with Crippen LogP contribution in [0.3, 0.4) is 0 Å². The molecular weight excluding hydrogens is 475 g/mol. The van der Waals surface area contributed by atoms with Crippen molar-refractivity contribution in [2.24, 2.45) is 5.92 Å². The Hall–Kier alpha value is -2.13. The monoisotopic (exact) mass is 498 g/mol. The predicted molar refractivity (Wildman–Crippen MR) is 124 cm³/mol. The van der Waals surface area contributed by atoms with Gasteiger partial charge in [0.2, 0.25) is 15.9 Å². The zero-order chi connectivity index (χ0) is 23.3. The molecule has 3 rings (SSSR count). The smallest absolute Gasteiger partial charge is 0.338 e. The molecule has 0 atom stereocenters. The maximum absolute atomic E-state index is 12.7. The molecule has 172 valence electrons. The van der Waals surface area contributed by atoms with Crippen LogP contribution in [0.2, 0.25) is 10.0 Å². The van der Waals surface area contributed by atoms with Gasteiger partial charge in [0, 0.05) is 24.0 Å². The van der Waals surface area contributed by atoms with Gasteiger partial charge in [-0.2, -0.15) is 0 Å². The average Bonchev–Trinajstić information content (AvgIpc) is 2.77. The first-order chi connectivity index (χ1) is 15.2. The lowest BCUT2D eigenvalue weighted by atomic mass is 9.97. The van der Waals surface area contributed by atoms with Crippen LogP contribution in [0.1, 0.15) is 35.7 Å². The Kier molecular flexibility index (Phi) is 8.16. The number of hydrogen-bond acceptors (Lipinski definition) is 5. The number of ether oxygens (including phenoxy) is 1. The van der Waals surface area contributed by atoms with Crippen LogP contribution in [0.5, 0.6) is 0 Å². The molecule has 1 saturated heterocycles. The summed E-state index contributed by atoms with van der Waals surface area (Å²) in [5, 5.41) is 3.55. The van der Waals surface area contributed by atoms with Gasteiger partial charge in [-0.05, 0) is 55.7 Å². The van der Waals surface area contributed by atoms with E-state index in [1.165, 1.54) is 16.4 Å². The van der Waals surface area contributed by atoms with Gasteiger partial charge in [-0.3, -0.25) is 4.79 Å². The lowest BCUT2D eigenvalue weighted by Gasteiger charge is -2.30. The van der Waals surface area contributed by atoms with Gasteiger partial charge in [0.05, 0.1) is 28.6 Å². The molecule has 7 nitrogen and oxygen atoms in total. The number of carbonyl (C=O) groups is 2. The molecule has 1 heterocycles. The topological polar surface area (TPSA) is 92.8 Å². The highest BCUT2D eigenvalue weighted by Crippen LogP contribution is 2.27. The average molecular weight is 499 g/mol. The van der Waals surface area contributed by atoms with E-state index in [-0.39, 0.29) is 42.3 Å². The molecule has 1 N–H and O–H groups in total. The fraction of sp³-hybridized carbons (Fsp3) is 0.364. The number of anilines is 1. The maximum atomic E-state index is 12.7. The highest BCUT2D eigenvalue weighted by Gasteiger charge is 2.31. The van der Waals surface area contributed by atoms with E-state index in [1.54, 1.807) is 37.3 Å². The minimum absolute atomic E-state index is 0.108. The first-order valence-electron chi connectivity index (χ1n) is 10.2.